The lowest BCUT2D eigenvalue weighted by Gasteiger charge is -2.29. The van der Waals surface area contributed by atoms with Gasteiger partial charge in [0.05, 0.1) is 5.56 Å². The molecule has 1 heterocycles. The highest BCUT2D eigenvalue weighted by molar-refractivity contribution is 5.97. The second kappa shape index (κ2) is 6.55. The molecule has 1 saturated heterocycles. The molecular weight excluding hydrogens is 254 g/mol. The Labute approximate surface area is 119 Å². The number of aromatic hydroxyl groups is 1. The van der Waals surface area contributed by atoms with E-state index < -0.39 is 0 Å². The number of nitrogens with zero attached hydrogens (tertiary/aromatic N) is 1. The fraction of sp³-hybridized carbons (Fsp3) is 0.500. The second-order valence-corrected chi connectivity index (χ2v) is 5.42. The number of hydrogen-bond acceptors (Lipinski definition) is 3. The zero-order valence-corrected chi connectivity index (χ0v) is 11.8. The van der Waals surface area contributed by atoms with Gasteiger partial charge in [0.1, 0.15) is 11.5 Å². The van der Waals surface area contributed by atoms with Gasteiger partial charge in [0.15, 0.2) is 0 Å². The fourth-order valence-electron chi connectivity index (χ4n) is 2.80. The van der Waals surface area contributed by atoms with Crippen LogP contribution in [0.5, 0.6) is 5.75 Å². The minimum absolute atomic E-state index is 0.00308. The highest BCUT2D eigenvalue weighted by Gasteiger charge is 2.28. The molecule has 1 fully saturated rings. The summed E-state index contributed by atoms with van der Waals surface area (Å²) in [6.45, 7) is 2.22. The first-order chi connectivity index (χ1) is 9.59. The van der Waals surface area contributed by atoms with Crippen molar-refractivity contribution >= 4 is 11.7 Å². The number of phenols is 1. The summed E-state index contributed by atoms with van der Waals surface area (Å²) in [5, 5.41) is 9.84. The average molecular weight is 275 g/mol. The van der Waals surface area contributed by atoms with Crippen molar-refractivity contribution in [2.45, 2.75) is 45.1 Å². The molecule has 1 N–H and O–H groups in total. The Kier molecular flexibility index (Phi) is 4.77. The Morgan fingerprint density at radius 1 is 1.25 bits per heavy atom. The van der Waals surface area contributed by atoms with Crippen LogP contribution in [0.2, 0.25) is 0 Å². The molecule has 1 aromatic carbocycles. The molecule has 0 saturated carbocycles. The summed E-state index contributed by atoms with van der Waals surface area (Å²) in [7, 11) is 0. The smallest absolute Gasteiger partial charge is 0.257 e. The third-order valence-electron chi connectivity index (χ3n) is 3.80. The van der Waals surface area contributed by atoms with Crippen LogP contribution < -0.4 is 0 Å². The summed E-state index contributed by atoms with van der Waals surface area (Å²) in [6.07, 6.45) is 4.34. The van der Waals surface area contributed by atoms with Gasteiger partial charge in [-0.05, 0) is 31.9 Å². The van der Waals surface area contributed by atoms with Gasteiger partial charge in [-0.1, -0.05) is 25.0 Å². The molecule has 1 amide bonds. The van der Waals surface area contributed by atoms with E-state index in [1.807, 2.05) is 0 Å². The molecular formula is C16H21NO3. The van der Waals surface area contributed by atoms with Gasteiger partial charge in [-0.2, -0.15) is 0 Å². The minimum atomic E-state index is -0.170. The molecule has 0 aromatic heterocycles. The molecule has 1 aliphatic heterocycles. The number of rotatable bonds is 3. The first-order valence-corrected chi connectivity index (χ1v) is 7.18. The van der Waals surface area contributed by atoms with Crippen LogP contribution in [0, 0.1) is 0 Å². The molecule has 0 bridgehead atoms. The predicted molar refractivity (Wildman–Crippen MR) is 76.7 cm³/mol. The van der Waals surface area contributed by atoms with Crippen molar-refractivity contribution in [1.82, 2.24) is 4.90 Å². The van der Waals surface area contributed by atoms with E-state index in [4.69, 9.17) is 0 Å². The molecule has 1 unspecified atom stereocenters. The Morgan fingerprint density at radius 2 is 2.00 bits per heavy atom. The van der Waals surface area contributed by atoms with E-state index in [2.05, 4.69) is 0 Å². The van der Waals surface area contributed by atoms with Gasteiger partial charge in [0.2, 0.25) is 0 Å². The molecule has 20 heavy (non-hydrogen) atoms. The summed E-state index contributed by atoms with van der Waals surface area (Å²) < 4.78 is 0. The van der Waals surface area contributed by atoms with Gasteiger partial charge in [0.25, 0.3) is 5.91 Å². The van der Waals surface area contributed by atoms with E-state index in [0.29, 0.717) is 18.5 Å². The van der Waals surface area contributed by atoms with Crippen LogP contribution in [0.25, 0.3) is 0 Å². The number of benzene rings is 1. The fourth-order valence-corrected chi connectivity index (χ4v) is 2.80. The maximum Gasteiger partial charge on any atom is 0.257 e. The van der Waals surface area contributed by atoms with E-state index in [1.165, 1.54) is 6.07 Å². The Morgan fingerprint density at radius 3 is 2.70 bits per heavy atom. The molecule has 1 aromatic rings. The van der Waals surface area contributed by atoms with Crippen molar-refractivity contribution in [3.05, 3.63) is 29.8 Å². The van der Waals surface area contributed by atoms with E-state index in [9.17, 15) is 14.7 Å². The summed E-state index contributed by atoms with van der Waals surface area (Å²) in [5.74, 6) is -0.0634. The minimum Gasteiger partial charge on any atom is -0.507 e. The molecule has 0 aliphatic carbocycles. The predicted octanol–water partition coefficient (Wildman–Crippen LogP) is 2.76. The van der Waals surface area contributed by atoms with E-state index in [1.54, 1.807) is 30.0 Å². The van der Waals surface area contributed by atoms with Crippen molar-refractivity contribution in [1.29, 1.82) is 0 Å². The van der Waals surface area contributed by atoms with Crippen LogP contribution in [0.15, 0.2) is 24.3 Å². The van der Waals surface area contributed by atoms with Gasteiger partial charge < -0.3 is 10.0 Å². The van der Waals surface area contributed by atoms with Crippen LogP contribution in [-0.4, -0.2) is 34.3 Å². The number of para-hydroxylation sites is 1. The van der Waals surface area contributed by atoms with Gasteiger partial charge in [-0.25, -0.2) is 0 Å². The van der Waals surface area contributed by atoms with Crippen molar-refractivity contribution in [3.8, 4) is 5.75 Å². The Balaban J connectivity index is 2.24. The monoisotopic (exact) mass is 275 g/mol. The lowest BCUT2D eigenvalue weighted by molar-refractivity contribution is -0.118. The number of hydrogen-bond donors (Lipinski definition) is 1. The molecule has 0 radical (unpaired) electrons. The zero-order chi connectivity index (χ0) is 14.5. The first kappa shape index (κ1) is 14.6. The average Bonchev–Trinajstić information content (AvgIpc) is 2.63. The number of amides is 1. The molecule has 0 spiro atoms. The Bertz CT molecular complexity index is 498. The van der Waals surface area contributed by atoms with Crippen molar-refractivity contribution in [3.63, 3.8) is 0 Å². The Hall–Kier alpha value is -1.84. The van der Waals surface area contributed by atoms with E-state index in [-0.39, 0.29) is 23.5 Å². The summed E-state index contributed by atoms with van der Waals surface area (Å²) in [5.41, 5.74) is 0.322. The first-order valence-electron chi connectivity index (χ1n) is 7.18. The zero-order valence-electron chi connectivity index (χ0n) is 11.8. The van der Waals surface area contributed by atoms with Crippen LogP contribution in [0.1, 0.15) is 49.4 Å². The van der Waals surface area contributed by atoms with E-state index in [0.717, 1.165) is 25.7 Å². The maximum atomic E-state index is 12.6. The highest BCUT2D eigenvalue weighted by atomic mass is 16.3. The summed E-state index contributed by atoms with van der Waals surface area (Å²) in [4.78, 5) is 25.8. The molecule has 4 heteroatoms. The maximum absolute atomic E-state index is 12.6. The van der Waals surface area contributed by atoms with E-state index >= 15 is 0 Å². The molecule has 1 atom stereocenters. The number of carbonyl (C=O) groups excluding carboxylic acids is 2. The van der Waals surface area contributed by atoms with Crippen LogP contribution in [0.4, 0.5) is 0 Å². The van der Waals surface area contributed by atoms with Crippen LogP contribution in [0.3, 0.4) is 0 Å². The number of likely N-dealkylation sites (tertiary alicyclic amines) is 1. The molecule has 1 aliphatic rings. The molecule has 2 rings (SSSR count). The van der Waals surface area contributed by atoms with Gasteiger partial charge in [-0.3, -0.25) is 9.59 Å². The number of carbonyl (C=O) groups is 2. The van der Waals surface area contributed by atoms with Gasteiger partial charge in [-0.15, -0.1) is 0 Å². The summed E-state index contributed by atoms with van der Waals surface area (Å²) in [6, 6.07) is 6.55. The van der Waals surface area contributed by atoms with Gasteiger partial charge >= 0.3 is 0 Å². The number of phenolic OH excluding ortho intramolecular Hbond substituents is 1. The molecule has 4 nitrogen and oxygen atoms in total. The lowest BCUT2D eigenvalue weighted by atomic mass is 10.0. The number of Topliss-reactive ketones (excluding diaryl/α,β-unsaturated/α-hetero) is 1. The molecule has 108 valence electrons. The highest BCUT2D eigenvalue weighted by Crippen LogP contribution is 2.25. The van der Waals surface area contributed by atoms with Gasteiger partial charge in [0, 0.05) is 19.0 Å². The van der Waals surface area contributed by atoms with Crippen LogP contribution in [-0.2, 0) is 4.79 Å². The topological polar surface area (TPSA) is 57.6 Å². The van der Waals surface area contributed by atoms with Crippen molar-refractivity contribution in [2.24, 2.45) is 0 Å². The standard InChI is InChI=1S/C16H21NO3/c1-12(18)11-13-7-3-2-6-10-17(13)16(20)14-8-4-5-9-15(14)19/h4-5,8-9,13,19H,2-3,6-7,10-11H2,1H3. The second-order valence-electron chi connectivity index (χ2n) is 5.42. The number of ketones is 1. The largest absolute Gasteiger partial charge is 0.507 e. The quantitative estimate of drug-likeness (QED) is 0.922. The van der Waals surface area contributed by atoms with Crippen molar-refractivity contribution in [2.75, 3.05) is 6.54 Å². The third kappa shape index (κ3) is 3.38. The van der Waals surface area contributed by atoms with Crippen LogP contribution >= 0.6 is 0 Å². The normalized spacial score (nSPS) is 19.4. The lowest BCUT2D eigenvalue weighted by Crippen LogP contribution is -2.41. The summed E-state index contributed by atoms with van der Waals surface area (Å²) >= 11 is 0. The third-order valence-corrected chi connectivity index (χ3v) is 3.80. The SMILES string of the molecule is CC(=O)CC1CCCCCN1C(=O)c1ccccc1O. The van der Waals surface area contributed by atoms with Crippen molar-refractivity contribution < 1.29 is 14.7 Å².